The van der Waals surface area contributed by atoms with Crippen LogP contribution in [-0.2, 0) is 12.0 Å². The topological polar surface area (TPSA) is 43.8 Å². The summed E-state index contributed by atoms with van der Waals surface area (Å²) in [7, 11) is 0. The predicted octanol–water partition coefficient (Wildman–Crippen LogP) is 2.93. The van der Waals surface area contributed by atoms with Gasteiger partial charge in [0.25, 0.3) is 0 Å². The molecule has 0 radical (unpaired) electrons. The van der Waals surface area contributed by atoms with Crippen LogP contribution in [0.2, 0.25) is 0 Å². The van der Waals surface area contributed by atoms with E-state index in [-0.39, 0.29) is 0 Å². The molecule has 0 aromatic carbocycles. The van der Waals surface area contributed by atoms with Crippen LogP contribution in [0.4, 0.5) is 0 Å². The Balaban J connectivity index is 1.75. The van der Waals surface area contributed by atoms with Gasteiger partial charge in [-0.05, 0) is 88.7 Å². The summed E-state index contributed by atoms with van der Waals surface area (Å²) in [5, 5.41) is 4.98. The molecule has 0 aliphatic heterocycles. The molecule has 0 saturated heterocycles. The molecule has 3 nitrogen and oxygen atoms in total. The molecule has 20 heavy (non-hydrogen) atoms. The van der Waals surface area contributed by atoms with Crippen LogP contribution in [0.3, 0.4) is 0 Å². The summed E-state index contributed by atoms with van der Waals surface area (Å²) in [6.07, 6.45) is 9.59. The highest BCUT2D eigenvalue weighted by Gasteiger charge is 2.52. The maximum absolute atomic E-state index is 5.78. The van der Waals surface area contributed by atoms with Crippen LogP contribution < -0.4 is 5.73 Å². The summed E-state index contributed by atoms with van der Waals surface area (Å²) in [5.41, 5.74) is 10.1. The van der Waals surface area contributed by atoms with Gasteiger partial charge in [-0.1, -0.05) is 0 Å². The predicted molar refractivity (Wildman–Crippen MR) is 80.6 cm³/mol. The minimum Gasteiger partial charge on any atom is -0.330 e. The first-order valence-electron chi connectivity index (χ1n) is 8.37. The zero-order chi connectivity index (χ0) is 13.9. The van der Waals surface area contributed by atoms with Gasteiger partial charge in [0.1, 0.15) is 0 Å². The number of aromatic nitrogens is 2. The highest BCUT2D eigenvalue weighted by Crippen LogP contribution is 2.59. The van der Waals surface area contributed by atoms with Crippen LogP contribution in [0.25, 0.3) is 0 Å². The molecular formula is C17H27N3. The van der Waals surface area contributed by atoms with Crippen LogP contribution >= 0.6 is 0 Å². The van der Waals surface area contributed by atoms with Gasteiger partial charge in [0, 0.05) is 5.69 Å². The first-order chi connectivity index (χ1) is 9.61. The van der Waals surface area contributed by atoms with Gasteiger partial charge in [0.2, 0.25) is 0 Å². The zero-order valence-electron chi connectivity index (χ0n) is 12.9. The third-order valence-electron chi connectivity index (χ3n) is 6.29. The molecule has 1 aromatic rings. The smallest absolute Gasteiger partial charge is 0.0638 e. The van der Waals surface area contributed by atoms with Gasteiger partial charge in [-0.2, -0.15) is 5.10 Å². The SMILES string of the molecule is Cc1nn(C23CC4CC(CC(C4)C2)C3)c(C)c1CCN. The fourth-order valence-corrected chi connectivity index (χ4v) is 5.97. The van der Waals surface area contributed by atoms with E-state index in [4.69, 9.17) is 10.8 Å². The molecule has 1 aromatic heterocycles. The highest BCUT2D eigenvalue weighted by molar-refractivity contribution is 5.27. The van der Waals surface area contributed by atoms with Crippen LogP contribution in [-0.4, -0.2) is 16.3 Å². The van der Waals surface area contributed by atoms with Gasteiger partial charge in [-0.15, -0.1) is 0 Å². The van der Waals surface area contributed by atoms with Gasteiger partial charge in [-0.3, -0.25) is 4.68 Å². The van der Waals surface area contributed by atoms with Crippen molar-refractivity contribution in [1.82, 2.24) is 9.78 Å². The molecule has 0 atom stereocenters. The van der Waals surface area contributed by atoms with E-state index in [1.807, 2.05) is 0 Å². The van der Waals surface area contributed by atoms with Gasteiger partial charge >= 0.3 is 0 Å². The van der Waals surface area contributed by atoms with Gasteiger partial charge in [0.15, 0.2) is 0 Å². The minimum atomic E-state index is 0.358. The van der Waals surface area contributed by atoms with E-state index in [1.54, 1.807) is 0 Å². The van der Waals surface area contributed by atoms with E-state index in [0.717, 1.165) is 30.7 Å². The van der Waals surface area contributed by atoms with Crippen LogP contribution in [0.5, 0.6) is 0 Å². The Morgan fingerprint density at radius 1 is 1.10 bits per heavy atom. The first kappa shape index (κ1) is 12.9. The number of rotatable bonds is 3. The second kappa shape index (κ2) is 4.33. The lowest BCUT2D eigenvalue weighted by Gasteiger charge is -2.57. The quantitative estimate of drug-likeness (QED) is 0.920. The normalized spacial score (nSPS) is 38.6. The molecule has 0 unspecified atom stereocenters. The van der Waals surface area contributed by atoms with Crippen molar-refractivity contribution < 1.29 is 0 Å². The minimum absolute atomic E-state index is 0.358. The molecular weight excluding hydrogens is 246 g/mol. The summed E-state index contributed by atoms with van der Waals surface area (Å²) in [6, 6.07) is 0. The fraction of sp³-hybridized carbons (Fsp3) is 0.824. The summed E-state index contributed by atoms with van der Waals surface area (Å²) in [5.74, 6) is 2.93. The van der Waals surface area contributed by atoms with Gasteiger partial charge in [-0.25, -0.2) is 0 Å². The lowest BCUT2D eigenvalue weighted by atomic mass is 9.53. The zero-order valence-corrected chi connectivity index (χ0v) is 12.9. The van der Waals surface area contributed by atoms with Crippen molar-refractivity contribution in [2.45, 2.75) is 64.3 Å². The largest absolute Gasteiger partial charge is 0.330 e. The summed E-state index contributed by atoms with van der Waals surface area (Å²) in [4.78, 5) is 0. The van der Waals surface area contributed by atoms with Crippen molar-refractivity contribution in [3.8, 4) is 0 Å². The second-order valence-electron chi connectivity index (χ2n) is 7.74. The summed E-state index contributed by atoms with van der Waals surface area (Å²) >= 11 is 0. The number of hydrogen-bond acceptors (Lipinski definition) is 2. The summed E-state index contributed by atoms with van der Waals surface area (Å²) < 4.78 is 2.44. The van der Waals surface area contributed by atoms with Crippen LogP contribution in [0.15, 0.2) is 0 Å². The van der Waals surface area contributed by atoms with Crippen molar-refractivity contribution in [2.24, 2.45) is 23.5 Å². The maximum Gasteiger partial charge on any atom is 0.0638 e. The van der Waals surface area contributed by atoms with Crippen molar-refractivity contribution in [3.05, 3.63) is 17.0 Å². The van der Waals surface area contributed by atoms with Crippen molar-refractivity contribution in [3.63, 3.8) is 0 Å². The monoisotopic (exact) mass is 273 g/mol. The van der Waals surface area contributed by atoms with Crippen LogP contribution in [0, 0.1) is 31.6 Å². The summed E-state index contributed by atoms with van der Waals surface area (Å²) in [6.45, 7) is 5.16. The van der Waals surface area contributed by atoms with E-state index >= 15 is 0 Å². The maximum atomic E-state index is 5.78. The molecule has 110 valence electrons. The molecule has 1 heterocycles. The lowest BCUT2D eigenvalue weighted by molar-refractivity contribution is -0.0505. The Kier molecular flexibility index (Phi) is 2.79. The van der Waals surface area contributed by atoms with E-state index < -0.39 is 0 Å². The number of nitrogens with two attached hydrogens (primary N) is 1. The van der Waals surface area contributed by atoms with Crippen molar-refractivity contribution in [2.75, 3.05) is 6.54 Å². The lowest BCUT2D eigenvalue weighted by Crippen LogP contribution is -2.52. The Hall–Kier alpha value is -0.830. The standard InChI is InChI=1S/C17H27N3/c1-11-16(3-4-18)12(2)20(19-11)17-8-13-5-14(9-17)7-15(6-13)10-17/h13-15H,3-10,18H2,1-2H3. The van der Waals surface area contributed by atoms with Gasteiger partial charge < -0.3 is 5.73 Å². The Morgan fingerprint density at radius 3 is 2.15 bits per heavy atom. The molecule has 4 fully saturated rings. The first-order valence-corrected chi connectivity index (χ1v) is 8.37. The molecule has 5 rings (SSSR count). The number of aryl methyl sites for hydroxylation is 1. The molecule has 4 saturated carbocycles. The average molecular weight is 273 g/mol. The number of nitrogens with zero attached hydrogens (tertiary/aromatic N) is 2. The third kappa shape index (κ3) is 1.71. The number of hydrogen-bond donors (Lipinski definition) is 1. The molecule has 4 aliphatic rings. The van der Waals surface area contributed by atoms with E-state index in [1.165, 1.54) is 55.5 Å². The van der Waals surface area contributed by atoms with E-state index in [9.17, 15) is 0 Å². The van der Waals surface area contributed by atoms with Crippen molar-refractivity contribution in [1.29, 1.82) is 0 Å². The second-order valence-corrected chi connectivity index (χ2v) is 7.74. The van der Waals surface area contributed by atoms with Gasteiger partial charge in [0.05, 0.1) is 11.2 Å². The Labute approximate surface area is 121 Å². The molecule has 0 spiro atoms. The average Bonchev–Trinajstić information content (AvgIpc) is 2.66. The van der Waals surface area contributed by atoms with E-state index in [0.29, 0.717) is 5.54 Å². The molecule has 2 N–H and O–H groups in total. The fourth-order valence-electron chi connectivity index (χ4n) is 5.97. The highest BCUT2D eigenvalue weighted by atomic mass is 15.3. The molecule has 4 aliphatic carbocycles. The third-order valence-corrected chi connectivity index (χ3v) is 6.29. The Bertz CT molecular complexity index is 493. The van der Waals surface area contributed by atoms with Crippen molar-refractivity contribution >= 4 is 0 Å². The Morgan fingerprint density at radius 2 is 1.65 bits per heavy atom. The van der Waals surface area contributed by atoms with E-state index in [2.05, 4.69) is 18.5 Å². The molecule has 4 bridgehead atoms. The molecule has 3 heteroatoms. The van der Waals surface area contributed by atoms with Crippen LogP contribution in [0.1, 0.15) is 55.5 Å². The molecule has 0 amide bonds.